The van der Waals surface area contributed by atoms with Crippen LogP contribution >= 0.6 is 0 Å². The maximum Gasteiger partial charge on any atom is 0.416 e. The summed E-state index contributed by atoms with van der Waals surface area (Å²) in [5.41, 5.74) is -3.46. The van der Waals surface area contributed by atoms with Gasteiger partial charge in [0, 0.05) is 0 Å². The molecule has 0 radical (unpaired) electrons. The van der Waals surface area contributed by atoms with Crippen molar-refractivity contribution in [3.8, 4) is 0 Å². The van der Waals surface area contributed by atoms with Gasteiger partial charge in [0.1, 0.15) is 0 Å². The van der Waals surface area contributed by atoms with Crippen LogP contribution in [0.15, 0.2) is 18.2 Å². The summed E-state index contributed by atoms with van der Waals surface area (Å²) in [6.07, 6.45) is -8.66. The van der Waals surface area contributed by atoms with Gasteiger partial charge >= 0.3 is 12.4 Å². The van der Waals surface area contributed by atoms with E-state index >= 15 is 0 Å². The lowest BCUT2D eigenvalue weighted by molar-refractivity contribution is -0.143. The maximum atomic E-state index is 12.7. The minimum atomic E-state index is -4.81. The molecule has 0 spiro atoms. The Labute approximate surface area is 105 Å². The van der Waals surface area contributed by atoms with Crippen LogP contribution in [0.3, 0.4) is 0 Å². The molecule has 0 unspecified atom stereocenters. The topological polar surface area (TPSA) is 14.1 Å². The van der Waals surface area contributed by atoms with Crippen LogP contribution in [0.25, 0.3) is 5.32 Å². The van der Waals surface area contributed by atoms with Gasteiger partial charge in [-0.2, -0.15) is 33.4 Å². The monoisotopic (exact) mass is 282 g/mol. The van der Waals surface area contributed by atoms with Crippen molar-refractivity contribution in [1.82, 2.24) is 0 Å². The average Bonchev–Trinajstić information content (AvgIpc) is 3.07. The molecule has 0 saturated heterocycles. The summed E-state index contributed by atoms with van der Waals surface area (Å²) in [6.45, 7) is 0. The third-order valence-corrected chi connectivity index (χ3v) is 3.28. The van der Waals surface area contributed by atoms with Crippen molar-refractivity contribution in [3.63, 3.8) is 0 Å². The molecule has 0 bridgehead atoms. The fourth-order valence-electron chi connectivity index (χ4n) is 1.98. The van der Waals surface area contributed by atoms with Crippen molar-refractivity contribution in [2.24, 2.45) is 0 Å². The lowest BCUT2D eigenvalue weighted by Gasteiger charge is -2.29. The predicted molar refractivity (Wildman–Crippen MR) is 56.6 cm³/mol. The largest absolute Gasteiger partial charge is 0.656 e. The van der Waals surface area contributed by atoms with Gasteiger partial charge in [0.15, 0.2) is 0 Å². The Morgan fingerprint density at radius 1 is 0.895 bits per heavy atom. The van der Waals surface area contributed by atoms with Crippen LogP contribution < -0.4 is 0 Å². The number of halogens is 6. The fourth-order valence-corrected chi connectivity index (χ4v) is 1.98. The third-order valence-electron chi connectivity index (χ3n) is 3.28. The number of benzene rings is 1. The zero-order chi connectivity index (χ0) is 14.5. The van der Waals surface area contributed by atoms with Crippen molar-refractivity contribution in [3.05, 3.63) is 40.2 Å². The van der Waals surface area contributed by atoms with Crippen LogP contribution in [0, 0.1) is 0 Å². The Morgan fingerprint density at radius 2 is 1.32 bits per heavy atom. The molecule has 19 heavy (non-hydrogen) atoms. The molecule has 7 heteroatoms. The zero-order valence-corrected chi connectivity index (χ0v) is 9.86. The molecule has 0 amide bonds. The smallest absolute Gasteiger partial charge is 0.416 e. The van der Waals surface area contributed by atoms with Crippen LogP contribution in [-0.4, -0.2) is 7.05 Å². The third kappa shape index (κ3) is 2.70. The minimum absolute atomic E-state index is 0.0165. The fraction of sp³-hybridized carbons (Fsp3) is 0.500. The van der Waals surface area contributed by atoms with Gasteiger partial charge in [-0.1, -0.05) is 23.9 Å². The molecular formula is C12H10F6N-. The highest BCUT2D eigenvalue weighted by Crippen LogP contribution is 2.53. The van der Waals surface area contributed by atoms with Gasteiger partial charge in [-0.15, -0.1) is 0 Å². The van der Waals surface area contributed by atoms with Gasteiger partial charge in [0.25, 0.3) is 0 Å². The molecule has 0 aliphatic heterocycles. The van der Waals surface area contributed by atoms with Gasteiger partial charge in [0.05, 0.1) is 11.1 Å². The van der Waals surface area contributed by atoms with Gasteiger partial charge in [0.2, 0.25) is 0 Å². The predicted octanol–water partition coefficient (Wildman–Crippen LogP) is 4.72. The van der Waals surface area contributed by atoms with E-state index in [-0.39, 0.29) is 11.6 Å². The van der Waals surface area contributed by atoms with Gasteiger partial charge < -0.3 is 5.32 Å². The number of rotatable bonds is 2. The van der Waals surface area contributed by atoms with E-state index < -0.39 is 29.0 Å². The molecule has 0 aromatic heterocycles. The molecule has 1 aliphatic carbocycles. The molecule has 1 saturated carbocycles. The van der Waals surface area contributed by atoms with Crippen molar-refractivity contribution in [2.75, 3.05) is 7.05 Å². The normalized spacial score (nSPS) is 18.5. The SMILES string of the molecule is C[N-]C1(c2cc(C(F)(F)F)cc(C(F)(F)F)c2)CC1. The molecule has 1 aromatic carbocycles. The van der Waals surface area contributed by atoms with Crippen LogP contribution in [-0.2, 0) is 17.9 Å². The summed E-state index contributed by atoms with van der Waals surface area (Å²) in [6, 6.07) is 1.65. The number of hydrogen-bond donors (Lipinski definition) is 0. The molecule has 106 valence electrons. The quantitative estimate of drug-likeness (QED) is 0.697. The van der Waals surface area contributed by atoms with Gasteiger partial charge in [-0.25, -0.2) is 0 Å². The van der Waals surface area contributed by atoms with E-state index in [1.165, 1.54) is 7.05 Å². The van der Waals surface area contributed by atoms with Crippen molar-refractivity contribution in [1.29, 1.82) is 0 Å². The molecular weight excluding hydrogens is 272 g/mol. The first kappa shape index (κ1) is 14.2. The molecule has 1 aliphatic rings. The summed E-state index contributed by atoms with van der Waals surface area (Å²) in [4.78, 5) is 0. The van der Waals surface area contributed by atoms with E-state index in [1.807, 2.05) is 0 Å². The second-order valence-corrected chi connectivity index (χ2v) is 4.55. The highest BCUT2D eigenvalue weighted by atomic mass is 19.4. The number of hydrogen-bond acceptors (Lipinski definition) is 0. The minimum Gasteiger partial charge on any atom is -0.656 e. The summed E-state index contributed by atoms with van der Waals surface area (Å²) in [7, 11) is 1.40. The van der Waals surface area contributed by atoms with E-state index in [9.17, 15) is 26.3 Å². The number of alkyl halides is 6. The Bertz CT molecular complexity index is 452. The highest BCUT2D eigenvalue weighted by molar-refractivity contribution is 5.43. The van der Waals surface area contributed by atoms with Crippen molar-refractivity contribution in [2.45, 2.75) is 30.7 Å². The van der Waals surface area contributed by atoms with E-state index in [1.54, 1.807) is 0 Å². The molecule has 1 nitrogen and oxygen atoms in total. The number of nitrogens with zero attached hydrogens (tertiary/aromatic N) is 1. The van der Waals surface area contributed by atoms with E-state index in [0.29, 0.717) is 12.8 Å². The second kappa shape index (κ2) is 4.13. The van der Waals surface area contributed by atoms with Crippen molar-refractivity contribution < 1.29 is 26.3 Å². The molecule has 0 atom stereocenters. The zero-order valence-electron chi connectivity index (χ0n) is 9.86. The van der Waals surface area contributed by atoms with Crippen LogP contribution in [0.1, 0.15) is 29.5 Å². The van der Waals surface area contributed by atoms with Crippen molar-refractivity contribution >= 4 is 0 Å². The highest BCUT2D eigenvalue weighted by Gasteiger charge is 2.40. The standard InChI is InChI=1S/C12H10F6N/c1-19-10(2-3-10)7-4-8(11(13,14)15)6-9(5-7)12(16,17)18/h4-6H,2-3H2,1H3/q-1. The Hall–Kier alpha value is -1.24. The van der Waals surface area contributed by atoms with Gasteiger partial charge in [-0.05, 0) is 18.2 Å². The molecule has 0 N–H and O–H groups in total. The van der Waals surface area contributed by atoms with Crippen LogP contribution in [0.4, 0.5) is 26.3 Å². The Morgan fingerprint density at radius 3 is 1.58 bits per heavy atom. The van der Waals surface area contributed by atoms with E-state index in [0.717, 1.165) is 12.1 Å². The molecule has 1 aromatic rings. The maximum absolute atomic E-state index is 12.7. The lowest BCUT2D eigenvalue weighted by atomic mass is 9.98. The Kier molecular flexibility index (Phi) is 3.08. The summed E-state index contributed by atoms with van der Waals surface area (Å²) < 4.78 is 75.9. The van der Waals surface area contributed by atoms with E-state index in [4.69, 9.17) is 0 Å². The first-order valence-corrected chi connectivity index (χ1v) is 5.49. The summed E-state index contributed by atoms with van der Waals surface area (Å²) >= 11 is 0. The van der Waals surface area contributed by atoms with Crippen LogP contribution in [0.2, 0.25) is 0 Å². The van der Waals surface area contributed by atoms with Crippen LogP contribution in [0.5, 0.6) is 0 Å². The first-order valence-electron chi connectivity index (χ1n) is 5.49. The van der Waals surface area contributed by atoms with Gasteiger partial charge in [-0.3, -0.25) is 0 Å². The second-order valence-electron chi connectivity index (χ2n) is 4.55. The molecule has 2 rings (SSSR count). The summed E-state index contributed by atoms with van der Waals surface area (Å²) in [5, 5.41) is 3.91. The Balaban J connectivity index is 2.56. The lowest BCUT2D eigenvalue weighted by Crippen LogP contribution is -2.14. The average molecular weight is 282 g/mol. The molecule has 1 fully saturated rings. The molecule has 0 heterocycles. The van der Waals surface area contributed by atoms with E-state index in [2.05, 4.69) is 5.32 Å². The first-order chi connectivity index (χ1) is 8.58. The summed E-state index contributed by atoms with van der Waals surface area (Å²) in [5.74, 6) is 0.